The van der Waals surface area contributed by atoms with Crippen LogP contribution in [0.1, 0.15) is 40.5 Å². The molecule has 1 atom stereocenters. The predicted molar refractivity (Wildman–Crippen MR) is 59.5 cm³/mol. The zero-order chi connectivity index (χ0) is 11.0. The lowest BCUT2D eigenvalue weighted by molar-refractivity contribution is 0.00537. The van der Waals surface area contributed by atoms with E-state index < -0.39 is 6.10 Å². The quantitative estimate of drug-likeness (QED) is 0.629. The second-order valence-corrected chi connectivity index (χ2v) is 3.96. The molecule has 0 aromatic heterocycles. The highest BCUT2D eigenvalue weighted by Crippen LogP contribution is 1.97. The van der Waals surface area contributed by atoms with E-state index in [0.29, 0.717) is 19.2 Å². The zero-order valence-electron chi connectivity index (χ0n) is 9.92. The SMILES string of the molecule is CCC(CC)NCC(O)COC(C)C. The Labute approximate surface area is 87.8 Å². The molecule has 86 valence electrons. The normalized spacial score (nSPS) is 13.9. The van der Waals surface area contributed by atoms with E-state index >= 15 is 0 Å². The van der Waals surface area contributed by atoms with Gasteiger partial charge in [-0.1, -0.05) is 13.8 Å². The highest BCUT2D eigenvalue weighted by Gasteiger charge is 2.08. The summed E-state index contributed by atoms with van der Waals surface area (Å²) in [6.07, 6.45) is 2.01. The van der Waals surface area contributed by atoms with Crippen molar-refractivity contribution in [3.8, 4) is 0 Å². The fourth-order valence-electron chi connectivity index (χ4n) is 1.24. The molecule has 0 aromatic rings. The number of aliphatic hydroxyl groups is 1. The van der Waals surface area contributed by atoms with Crippen LogP contribution in [0.5, 0.6) is 0 Å². The molecule has 0 aromatic carbocycles. The Hall–Kier alpha value is -0.120. The Bertz CT molecular complexity index is 124. The minimum absolute atomic E-state index is 0.192. The molecule has 0 bridgehead atoms. The first-order chi connectivity index (χ1) is 6.60. The van der Waals surface area contributed by atoms with Crippen molar-refractivity contribution in [1.82, 2.24) is 5.32 Å². The summed E-state index contributed by atoms with van der Waals surface area (Å²) in [5.74, 6) is 0. The first-order valence-corrected chi connectivity index (χ1v) is 5.63. The summed E-state index contributed by atoms with van der Waals surface area (Å²) in [6, 6.07) is 0.517. The van der Waals surface area contributed by atoms with Crippen LogP contribution in [0.15, 0.2) is 0 Å². The Morgan fingerprint density at radius 3 is 2.21 bits per heavy atom. The lowest BCUT2D eigenvalue weighted by Crippen LogP contribution is -2.37. The lowest BCUT2D eigenvalue weighted by Gasteiger charge is -2.18. The van der Waals surface area contributed by atoms with Crippen molar-refractivity contribution in [2.45, 2.75) is 58.8 Å². The van der Waals surface area contributed by atoms with Gasteiger partial charge in [-0.05, 0) is 26.7 Å². The van der Waals surface area contributed by atoms with E-state index in [9.17, 15) is 5.11 Å². The highest BCUT2D eigenvalue weighted by molar-refractivity contribution is 4.66. The topological polar surface area (TPSA) is 41.5 Å². The van der Waals surface area contributed by atoms with Crippen molar-refractivity contribution < 1.29 is 9.84 Å². The standard InChI is InChI=1S/C11H25NO2/c1-5-10(6-2)12-7-11(13)8-14-9(3)4/h9-13H,5-8H2,1-4H3. The lowest BCUT2D eigenvalue weighted by atomic mass is 10.1. The molecule has 2 N–H and O–H groups in total. The second-order valence-electron chi connectivity index (χ2n) is 3.96. The van der Waals surface area contributed by atoms with Gasteiger partial charge in [-0.3, -0.25) is 0 Å². The zero-order valence-corrected chi connectivity index (χ0v) is 9.92. The van der Waals surface area contributed by atoms with Gasteiger partial charge >= 0.3 is 0 Å². The summed E-state index contributed by atoms with van der Waals surface area (Å²) >= 11 is 0. The Morgan fingerprint density at radius 2 is 1.79 bits per heavy atom. The summed E-state index contributed by atoms with van der Waals surface area (Å²) in [4.78, 5) is 0. The number of nitrogens with one attached hydrogen (secondary N) is 1. The van der Waals surface area contributed by atoms with Gasteiger partial charge in [0.1, 0.15) is 0 Å². The largest absolute Gasteiger partial charge is 0.389 e. The fourth-order valence-corrected chi connectivity index (χ4v) is 1.24. The molecule has 0 spiro atoms. The van der Waals surface area contributed by atoms with E-state index in [1.165, 1.54) is 0 Å². The maximum absolute atomic E-state index is 9.55. The summed E-state index contributed by atoms with van der Waals surface area (Å²) in [7, 11) is 0. The molecular formula is C11H25NO2. The number of ether oxygens (including phenoxy) is 1. The van der Waals surface area contributed by atoms with E-state index in [0.717, 1.165) is 12.8 Å². The molecule has 14 heavy (non-hydrogen) atoms. The third kappa shape index (κ3) is 7.30. The van der Waals surface area contributed by atoms with Crippen LogP contribution < -0.4 is 5.32 Å². The summed E-state index contributed by atoms with van der Waals surface area (Å²) in [6.45, 7) is 9.29. The average Bonchev–Trinajstić information content (AvgIpc) is 2.16. The molecule has 0 saturated carbocycles. The minimum Gasteiger partial charge on any atom is -0.389 e. The summed E-state index contributed by atoms with van der Waals surface area (Å²) in [5, 5.41) is 12.9. The van der Waals surface area contributed by atoms with Gasteiger partial charge in [-0.25, -0.2) is 0 Å². The first kappa shape index (κ1) is 13.9. The molecule has 3 heteroatoms. The third-order valence-electron chi connectivity index (χ3n) is 2.25. The van der Waals surface area contributed by atoms with Crippen LogP contribution >= 0.6 is 0 Å². The average molecular weight is 203 g/mol. The van der Waals surface area contributed by atoms with Gasteiger partial charge in [0, 0.05) is 12.6 Å². The number of hydrogen-bond donors (Lipinski definition) is 2. The van der Waals surface area contributed by atoms with E-state index in [4.69, 9.17) is 4.74 Å². The van der Waals surface area contributed by atoms with Crippen LogP contribution in [0.2, 0.25) is 0 Å². The fraction of sp³-hybridized carbons (Fsp3) is 1.00. The number of aliphatic hydroxyl groups excluding tert-OH is 1. The summed E-state index contributed by atoms with van der Waals surface area (Å²) in [5.41, 5.74) is 0. The van der Waals surface area contributed by atoms with Gasteiger partial charge in [0.25, 0.3) is 0 Å². The van der Waals surface area contributed by atoms with Crippen LogP contribution in [0.25, 0.3) is 0 Å². The van der Waals surface area contributed by atoms with Crippen molar-refractivity contribution in [3.63, 3.8) is 0 Å². The number of rotatable bonds is 8. The van der Waals surface area contributed by atoms with E-state index in [1.54, 1.807) is 0 Å². The second kappa shape index (κ2) is 8.21. The maximum Gasteiger partial charge on any atom is 0.0897 e. The molecule has 3 nitrogen and oxygen atoms in total. The molecule has 0 amide bonds. The molecule has 0 aliphatic carbocycles. The first-order valence-electron chi connectivity index (χ1n) is 5.63. The molecule has 0 aliphatic rings. The van der Waals surface area contributed by atoms with Gasteiger partial charge in [-0.15, -0.1) is 0 Å². The Balaban J connectivity index is 3.46. The molecule has 0 saturated heterocycles. The van der Waals surface area contributed by atoms with Gasteiger partial charge in [0.05, 0.1) is 18.8 Å². The van der Waals surface area contributed by atoms with Gasteiger partial charge < -0.3 is 15.2 Å². The van der Waals surface area contributed by atoms with Crippen molar-refractivity contribution in [2.24, 2.45) is 0 Å². The Morgan fingerprint density at radius 1 is 1.21 bits per heavy atom. The van der Waals surface area contributed by atoms with Gasteiger partial charge in [0.2, 0.25) is 0 Å². The predicted octanol–water partition coefficient (Wildman–Crippen LogP) is 1.55. The minimum atomic E-state index is -0.391. The molecule has 0 heterocycles. The van der Waals surface area contributed by atoms with E-state index in [2.05, 4.69) is 19.2 Å². The summed E-state index contributed by atoms with van der Waals surface area (Å²) < 4.78 is 5.31. The maximum atomic E-state index is 9.55. The number of hydrogen-bond acceptors (Lipinski definition) is 3. The third-order valence-corrected chi connectivity index (χ3v) is 2.25. The van der Waals surface area contributed by atoms with Gasteiger partial charge in [-0.2, -0.15) is 0 Å². The van der Waals surface area contributed by atoms with Crippen LogP contribution in [0.4, 0.5) is 0 Å². The molecule has 0 radical (unpaired) electrons. The van der Waals surface area contributed by atoms with Crippen molar-refractivity contribution >= 4 is 0 Å². The van der Waals surface area contributed by atoms with Crippen LogP contribution in [-0.4, -0.2) is 36.5 Å². The molecule has 0 rings (SSSR count). The highest BCUT2D eigenvalue weighted by atomic mass is 16.5. The smallest absolute Gasteiger partial charge is 0.0897 e. The van der Waals surface area contributed by atoms with Crippen molar-refractivity contribution in [1.29, 1.82) is 0 Å². The molecule has 1 unspecified atom stereocenters. The van der Waals surface area contributed by atoms with Crippen molar-refractivity contribution in [3.05, 3.63) is 0 Å². The molecule has 0 fully saturated rings. The van der Waals surface area contributed by atoms with E-state index in [-0.39, 0.29) is 6.10 Å². The van der Waals surface area contributed by atoms with Crippen LogP contribution in [-0.2, 0) is 4.74 Å². The molecular weight excluding hydrogens is 178 g/mol. The van der Waals surface area contributed by atoms with Crippen LogP contribution in [0, 0.1) is 0 Å². The van der Waals surface area contributed by atoms with Crippen molar-refractivity contribution in [2.75, 3.05) is 13.2 Å². The molecule has 0 aliphatic heterocycles. The van der Waals surface area contributed by atoms with Crippen LogP contribution in [0.3, 0.4) is 0 Å². The van der Waals surface area contributed by atoms with E-state index in [1.807, 2.05) is 13.8 Å². The van der Waals surface area contributed by atoms with Gasteiger partial charge in [0.15, 0.2) is 0 Å². The monoisotopic (exact) mass is 203 g/mol. The Kier molecular flexibility index (Phi) is 8.14.